The first kappa shape index (κ1) is 10.6. The lowest BCUT2D eigenvalue weighted by Gasteiger charge is -1.98. The van der Waals surface area contributed by atoms with Crippen LogP contribution in [0.5, 0.6) is 11.5 Å². The van der Waals surface area contributed by atoms with Crippen molar-refractivity contribution in [2.45, 2.75) is 6.42 Å². The smallest absolute Gasteiger partial charge is 0.311 e. The summed E-state index contributed by atoms with van der Waals surface area (Å²) in [5.74, 6) is 0.696. The van der Waals surface area contributed by atoms with Gasteiger partial charge in [0.15, 0.2) is 11.5 Å². The predicted molar refractivity (Wildman–Crippen MR) is 59.4 cm³/mol. The Hall–Kier alpha value is -2.50. The largest absolute Gasteiger partial charge is 0.481 e. The number of carboxylic acids is 1. The van der Waals surface area contributed by atoms with E-state index >= 15 is 0 Å². The molecule has 0 atom stereocenters. The number of carboxylic acid groups (broad SMARTS) is 1. The third-order valence-corrected chi connectivity index (χ3v) is 2.55. The fraction of sp³-hybridized carbons (Fsp3) is 0.167. The van der Waals surface area contributed by atoms with Gasteiger partial charge < -0.3 is 19.1 Å². The molecule has 92 valence electrons. The van der Waals surface area contributed by atoms with Gasteiger partial charge in [-0.15, -0.1) is 0 Å². The average molecular weight is 247 g/mol. The van der Waals surface area contributed by atoms with Crippen LogP contribution in [0.15, 0.2) is 28.8 Å². The molecule has 0 saturated carbocycles. The zero-order valence-corrected chi connectivity index (χ0v) is 9.25. The number of carbonyl (C=O) groups is 1. The quantitative estimate of drug-likeness (QED) is 0.888. The topological polar surface area (TPSA) is 81.8 Å². The molecule has 1 aromatic heterocycles. The molecule has 2 heterocycles. The van der Waals surface area contributed by atoms with Crippen molar-refractivity contribution in [1.82, 2.24) is 5.16 Å². The summed E-state index contributed by atoms with van der Waals surface area (Å²) in [6, 6.07) is 6.98. The van der Waals surface area contributed by atoms with Crippen LogP contribution >= 0.6 is 0 Å². The molecule has 0 bridgehead atoms. The van der Waals surface area contributed by atoms with Crippen LogP contribution < -0.4 is 9.47 Å². The first-order chi connectivity index (χ1) is 8.72. The lowest BCUT2D eigenvalue weighted by Crippen LogP contribution is -1.97. The molecule has 2 aromatic rings. The predicted octanol–water partition coefficient (Wildman–Crippen LogP) is 1.70. The van der Waals surface area contributed by atoms with Crippen LogP contribution in [0.25, 0.3) is 11.3 Å². The number of benzene rings is 1. The van der Waals surface area contributed by atoms with E-state index in [0.29, 0.717) is 23.0 Å². The molecule has 0 spiro atoms. The van der Waals surface area contributed by atoms with Crippen molar-refractivity contribution in [1.29, 1.82) is 0 Å². The molecule has 0 amide bonds. The first-order valence-electron chi connectivity index (χ1n) is 5.30. The summed E-state index contributed by atoms with van der Waals surface area (Å²) in [6.07, 6.45) is -0.183. The lowest BCUT2D eigenvalue weighted by molar-refractivity contribution is -0.136. The number of aliphatic carboxylic acids is 1. The number of hydrogen-bond acceptors (Lipinski definition) is 5. The maximum absolute atomic E-state index is 10.5. The van der Waals surface area contributed by atoms with Gasteiger partial charge in [-0.2, -0.15) is 0 Å². The average Bonchev–Trinajstić information content (AvgIpc) is 2.95. The summed E-state index contributed by atoms with van der Waals surface area (Å²) in [5.41, 5.74) is 1.36. The van der Waals surface area contributed by atoms with Gasteiger partial charge in [-0.25, -0.2) is 0 Å². The lowest BCUT2D eigenvalue weighted by atomic mass is 10.1. The van der Waals surface area contributed by atoms with E-state index < -0.39 is 5.97 Å². The van der Waals surface area contributed by atoms with Crippen molar-refractivity contribution in [2.75, 3.05) is 6.79 Å². The standard InChI is InChI=1S/C12H9NO5/c14-12(15)5-8-4-9(13-18-8)7-1-2-10-11(3-7)17-6-16-10/h1-4H,5-6H2,(H,14,15). The summed E-state index contributed by atoms with van der Waals surface area (Å²) in [7, 11) is 0. The molecular formula is C12H9NO5. The molecule has 0 aliphatic carbocycles. The maximum atomic E-state index is 10.5. The van der Waals surface area contributed by atoms with Crippen LogP contribution in [0.2, 0.25) is 0 Å². The van der Waals surface area contributed by atoms with Crippen LogP contribution in [0.1, 0.15) is 5.76 Å². The van der Waals surface area contributed by atoms with E-state index in [1.807, 2.05) is 6.07 Å². The summed E-state index contributed by atoms with van der Waals surface area (Å²) in [6.45, 7) is 0.210. The minimum absolute atomic E-state index is 0.183. The fourth-order valence-electron chi connectivity index (χ4n) is 1.74. The SMILES string of the molecule is O=C(O)Cc1cc(-c2ccc3c(c2)OCO3)no1. The molecule has 1 aliphatic rings. The number of ether oxygens (including phenoxy) is 2. The van der Waals surface area contributed by atoms with Crippen LogP contribution in [0.3, 0.4) is 0 Å². The Bertz CT molecular complexity index is 604. The van der Waals surface area contributed by atoms with Gasteiger partial charge in [-0.3, -0.25) is 4.79 Å². The van der Waals surface area contributed by atoms with Gasteiger partial charge in [-0.1, -0.05) is 5.16 Å². The molecule has 0 saturated heterocycles. The monoisotopic (exact) mass is 247 g/mol. The molecule has 1 aromatic carbocycles. The van der Waals surface area contributed by atoms with Gasteiger partial charge in [0.05, 0.1) is 0 Å². The second-order valence-electron chi connectivity index (χ2n) is 3.82. The summed E-state index contributed by atoms with van der Waals surface area (Å²) in [4.78, 5) is 10.5. The molecular weight excluding hydrogens is 238 g/mol. The minimum Gasteiger partial charge on any atom is -0.481 e. The number of nitrogens with zero attached hydrogens (tertiary/aromatic N) is 1. The van der Waals surface area contributed by atoms with Crippen LogP contribution in [0, 0.1) is 0 Å². The van der Waals surface area contributed by atoms with Crippen LogP contribution in [-0.4, -0.2) is 23.0 Å². The molecule has 6 nitrogen and oxygen atoms in total. The Kier molecular flexibility index (Phi) is 2.40. The van der Waals surface area contributed by atoms with Crippen LogP contribution in [0.4, 0.5) is 0 Å². The molecule has 0 unspecified atom stereocenters. The third-order valence-electron chi connectivity index (χ3n) is 2.55. The minimum atomic E-state index is -0.955. The molecule has 3 rings (SSSR count). The zero-order chi connectivity index (χ0) is 12.5. The Morgan fingerprint density at radius 1 is 1.28 bits per heavy atom. The van der Waals surface area contributed by atoms with Crippen molar-refractivity contribution < 1.29 is 23.9 Å². The van der Waals surface area contributed by atoms with Gasteiger partial charge in [0.1, 0.15) is 17.9 Å². The Labute approximate surface area is 102 Å². The highest BCUT2D eigenvalue weighted by Gasteiger charge is 2.16. The van der Waals surface area contributed by atoms with Gasteiger partial charge >= 0.3 is 5.97 Å². The molecule has 0 radical (unpaired) electrons. The Balaban J connectivity index is 1.90. The highest BCUT2D eigenvalue weighted by Crippen LogP contribution is 2.35. The second kappa shape index (κ2) is 4.06. The van der Waals surface area contributed by atoms with Gasteiger partial charge in [-0.05, 0) is 18.2 Å². The van der Waals surface area contributed by atoms with Gasteiger partial charge in [0, 0.05) is 11.6 Å². The van der Waals surface area contributed by atoms with Crippen molar-refractivity contribution in [3.8, 4) is 22.8 Å². The van der Waals surface area contributed by atoms with Gasteiger partial charge in [0.2, 0.25) is 6.79 Å². The maximum Gasteiger partial charge on any atom is 0.311 e. The Morgan fingerprint density at radius 3 is 2.94 bits per heavy atom. The van der Waals surface area contributed by atoms with E-state index in [-0.39, 0.29) is 13.2 Å². The number of hydrogen-bond donors (Lipinski definition) is 1. The van der Waals surface area contributed by atoms with Gasteiger partial charge in [0.25, 0.3) is 0 Å². The Morgan fingerprint density at radius 2 is 2.11 bits per heavy atom. The zero-order valence-electron chi connectivity index (χ0n) is 9.25. The summed E-state index contributed by atoms with van der Waals surface area (Å²) in [5, 5.41) is 12.5. The van der Waals surface area contributed by atoms with Crippen molar-refractivity contribution in [3.63, 3.8) is 0 Å². The number of rotatable bonds is 3. The highest BCUT2D eigenvalue weighted by atomic mass is 16.7. The summed E-state index contributed by atoms with van der Waals surface area (Å²) < 4.78 is 15.4. The molecule has 18 heavy (non-hydrogen) atoms. The van der Waals surface area contributed by atoms with E-state index in [1.165, 1.54) is 0 Å². The molecule has 1 aliphatic heterocycles. The first-order valence-corrected chi connectivity index (χ1v) is 5.30. The van der Waals surface area contributed by atoms with E-state index in [4.69, 9.17) is 19.1 Å². The fourth-order valence-corrected chi connectivity index (χ4v) is 1.74. The van der Waals surface area contributed by atoms with Crippen molar-refractivity contribution in [2.24, 2.45) is 0 Å². The second-order valence-corrected chi connectivity index (χ2v) is 3.82. The highest BCUT2D eigenvalue weighted by molar-refractivity contribution is 5.70. The normalized spacial score (nSPS) is 12.7. The van der Waals surface area contributed by atoms with Crippen LogP contribution in [-0.2, 0) is 11.2 Å². The molecule has 0 fully saturated rings. The molecule has 6 heteroatoms. The third kappa shape index (κ3) is 1.88. The number of aromatic nitrogens is 1. The summed E-state index contributed by atoms with van der Waals surface area (Å²) >= 11 is 0. The van der Waals surface area contributed by atoms with E-state index in [0.717, 1.165) is 5.56 Å². The van der Waals surface area contributed by atoms with E-state index in [1.54, 1.807) is 18.2 Å². The molecule has 1 N–H and O–H groups in total. The van der Waals surface area contributed by atoms with E-state index in [2.05, 4.69) is 5.16 Å². The van der Waals surface area contributed by atoms with E-state index in [9.17, 15) is 4.79 Å². The van der Waals surface area contributed by atoms with Crippen molar-refractivity contribution >= 4 is 5.97 Å². The number of fused-ring (bicyclic) bond motifs is 1. The van der Waals surface area contributed by atoms with Crippen molar-refractivity contribution in [3.05, 3.63) is 30.0 Å².